The zero-order valence-corrected chi connectivity index (χ0v) is 18.7. The Morgan fingerprint density at radius 2 is 1.94 bits per heavy atom. The third-order valence-corrected chi connectivity index (χ3v) is 5.90. The van der Waals surface area contributed by atoms with Crippen LogP contribution in [0.4, 0.5) is 0 Å². The minimum atomic E-state index is 0.0261. The van der Waals surface area contributed by atoms with Crippen LogP contribution in [0.2, 0.25) is 0 Å². The number of aromatic amines is 1. The van der Waals surface area contributed by atoms with Crippen molar-refractivity contribution in [1.29, 1.82) is 0 Å². The Morgan fingerprint density at radius 3 is 2.58 bits per heavy atom. The molecule has 1 saturated carbocycles. The topological polar surface area (TPSA) is 71.9 Å². The van der Waals surface area contributed by atoms with Gasteiger partial charge >= 0.3 is 0 Å². The largest absolute Gasteiger partial charge is 0.494 e. The van der Waals surface area contributed by atoms with Crippen LogP contribution in [-0.4, -0.2) is 27.3 Å². The lowest BCUT2D eigenvalue weighted by atomic mass is 10.0. The molecule has 3 aromatic rings. The zero-order valence-electron chi connectivity index (χ0n) is 17.9. The molecule has 1 heterocycles. The molecule has 162 valence electrons. The summed E-state index contributed by atoms with van der Waals surface area (Å²) in [5.41, 5.74) is 3.32. The molecule has 2 N–H and O–H groups in total. The van der Waals surface area contributed by atoms with Gasteiger partial charge < -0.3 is 10.1 Å². The van der Waals surface area contributed by atoms with Crippen LogP contribution in [0.3, 0.4) is 0 Å². The Bertz CT molecular complexity index is 1080. The van der Waals surface area contributed by atoms with E-state index in [-0.39, 0.29) is 11.9 Å². The van der Waals surface area contributed by atoms with Crippen LogP contribution in [0.5, 0.6) is 5.75 Å². The van der Waals surface area contributed by atoms with E-state index in [1.165, 1.54) is 11.1 Å². The zero-order chi connectivity index (χ0) is 21.8. The molecule has 7 heteroatoms. The Kier molecular flexibility index (Phi) is 6.51. The molecule has 0 spiro atoms. The fourth-order valence-corrected chi connectivity index (χ4v) is 3.97. The van der Waals surface area contributed by atoms with Gasteiger partial charge in [0.2, 0.25) is 5.91 Å². The summed E-state index contributed by atoms with van der Waals surface area (Å²) in [5, 5.41) is 10.5. The average molecular weight is 437 g/mol. The summed E-state index contributed by atoms with van der Waals surface area (Å²) in [5.74, 6) is 2.09. The fraction of sp³-hybridized carbons (Fsp3) is 0.375. The van der Waals surface area contributed by atoms with Gasteiger partial charge in [0.25, 0.3) is 0 Å². The van der Waals surface area contributed by atoms with Crippen molar-refractivity contribution in [3.8, 4) is 17.1 Å². The average Bonchev–Trinajstić information content (AvgIpc) is 3.55. The maximum atomic E-state index is 12.8. The molecule has 1 aliphatic carbocycles. The van der Waals surface area contributed by atoms with Gasteiger partial charge in [0.1, 0.15) is 5.75 Å². The molecule has 1 atom stereocenters. The number of rotatable bonds is 9. The van der Waals surface area contributed by atoms with E-state index in [9.17, 15) is 4.79 Å². The van der Waals surface area contributed by atoms with Crippen molar-refractivity contribution in [2.45, 2.75) is 45.7 Å². The minimum Gasteiger partial charge on any atom is -0.494 e. The number of aryl methyl sites for hydroxylation is 1. The smallest absolute Gasteiger partial charge is 0.222 e. The van der Waals surface area contributed by atoms with Crippen LogP contribution in [0.15, 0.2) is 48.5 Å². The number of aromatic nitrogens is 3. The Balaban J connectivity index is 1.43. The summed E-state index contributed by atoms with van der Waals surface area (Å²) < 4.78 is 7.89. The predicted molar refractivity (Wildman–Crippen MR) is 123 cm³/mol. The molecule has 0 bridgehead atoms. The molecule has 1 amide bonds. The number of hydrogen-bond acceptors (Lipinski definition) is 4. The van der Waals surface area contributed by atoms with Crippen LogP contribution in [0.1, 0.15) is 43.4 Å². The maximum absolute atomic E-state index is 12.8. The van der Waals surface area contributed by atoms with Crippen LogP contribution in [-0.2, 0) is 11.3 Å². The van der Waals surface area contributed by atoms with Crippen LogP contribution in [0, 0.1) is 17.6 Å². The van der Waals surface area contributed by atoms with Gasteiger partial charge in [0.05, 0.1) is 12.6 Å². The van der Waals surface area contributed by atoms with E-state index in [1.807, 2.05) is 35.8 Å². The van der Waals surface area contributed by atoms with E-state index < -0.39 is 0 Å². The highest BCUT2D eigenvalue weighted by Crippen LogP contribution is 2.41. The quantitative estimate of drug-likeness (QED) is 0.465. The number of ether oxygens (including phenoxy) is 1. The van der Waals surface area contributed by atoms with Crippen molar-refractivity contribution < 1.29 is 9.53 Å². The molecule has 6 nitrogen and oxygen atoms in total. The first kappa shape index (κ1) is 21.3. The number of H-pyrrole nitrogens is 1. The third kappa shape index (κ3) is 5.22. The molecule has 1 aliphatic rings. The lowest BCUT2D eigenvalue weighted by Crippen LogP contribution is -2.30. The number of nitrogens with zero attached hydrogens (tertiary/aromatic N) is 2. The number of benzene rings is 2. The van der Waals surface area contributed by atoms with E-state index in [4.69, 9.17) is 17.0 Å². The summed E-state index contributed by atoms with van der Waals surface area (Å²) in [4.78, 5) is 12.8. The molecule has 4 rings (SSSR count). The maximum Gasteiger partial charge on any atom is 0.222 e. The van der Waals surface area contributed by atoms with E-state index in [1.54, 1.807) is 0 Å². The second-order valence-electron chi connectivity index (χ2n) is 8.00. The van der Waals surface area contributed by atoms with Gasteiger partial charge in [0, 0.05) is 18.5 Å². The van der Waals surface area contributed by atoms with Gasteiger partial charge in [-0.25, -0.2) is 0 Å². The summed E-state index contributed by atoms with van der Waals surface area (Å²) in [6.07, 6.45) is 2.66. The van der Waals surface area contributed by atoms with Crippen LogP contribution >= 0.6 is 12.2 Å². The lowest BCUT2D eigenvalue weighted by Gasteiger charge is -2.19. The van der Waals surface area contributed by atoms with Crippen molar-refractivity contribution in [3.63, 3.8) is 0 Å². The first-order valence-corrected chi connectivity index (χ1v) is 11.2. The van der Waals surface area contributed by atoms with E-state index >= 15 is 0 Å². The summed E-state index contributed by atoms with van der Waals surface area (Å²) in [7, 11) is 0. The highest BCUT2D eigenvalue weighted by Gasteiger charge is 2.33. The molecular weight excluding hydrogens is 408 g/mol. The van der Waals surface area contributed by atoms with Crippen molar-refractivity contribution in [2.24, 2.45) is 5.92 Å². The molecular formula is C24H28N4O2S. The summed E-state index contributed by atoms with van der Waals surface area (Å²) in [6, 6.07) is 16.3. The van der Waals surface area contributed by atoms with Gasteiger partial charge in [-0.3, -0.25) is 14.5 Å². The molecule has 0 aliphatic heterocycles. The molecule has 1 aromatic heterocycles. The first-order valence-electron chi connectivity index (χ1n) is 10.8. The highest BCUT2D eigenvalue weighted by atomic mass is 32.1. The minimum absolute atomic E-state index is 0.0261. The van der Waals surface area contributed by atoms with Crippen molar-refractivity contribution in [1.82, 2.24) is 20.1 Å². The molecule has 1 unspecified atom stereocenters. The van der Waals surface area contributed by atoms with Crippen LogP contribution in [0.25, 0.3) is 11.4 Å². The lowest BCUT2D eigenvalue weighted by molar-refractivity contribution is -0.122. The Hall–Kier alpha value is -2.93. The van der Waals surface area contributed by atoms with Crippen molar-refractivity contribution in [3.05, 3.63) is 64.4 Å². The standard InChI is InChI=1S/C24H28N4O2S/c1-3-30-20-12-10-19(11-13-20)23-26-27-24(31)28(23)15-14-21(29)25-22(18-8-9-18)17-6-4-16(2)5-7-17/h4-7,10-13,18,22H,3,8-9,14-15H2,1-2H3,(H,25,29)(H,27,31). The molecule has 0 saturated heterocycles. The molecule has 0 radical (unpaired) electrons. The number of hydrogen-bond donors (Lipinski definition) is 2. The predicted octanol–water partition coefficient (Wildman–Crippen LogP) is 4.97. The van der Waals surface area contributed by atoms with Gasteiger partial charge in [-0.1, -0.05) is 29.8 Å². The monoisotopic (exact) mass is 436 g/mol. The SMILES string of the molecule is CCOc1ccc(-c2n[nH]c(=S)n2CCC(=O)NC(c2ccc(C)cc2)C2CC2)cc1. The number of amides is 1. The molecule has 2 aromatic carbocycles. The fourth-order valence-electron chi connectivity index (χ4n) is 3.75. The molecule has 31 heavy (non-hydrogen) atoms. The van der Waals surface area contributed by atoms with Gasteiger partial charge in [0.15, 0.2) is 10.6 Å². The summed E-state index contributed by atoms with van der Waals surface area (Å²) >= 11 is 5.41. The summed E-state index contributed by atoms with van der Waals surface area (Å²) in [6.45, 7) is 5.12. The second-order valence-corrected chi connectivity index (χ2v) is 8.39. The first-order chi connectivity index (χ1) is 15.0. The highest BCUT2D eigenvalue weighted by molar-refractivity contribution is 7.71. The normalized spacial score (nSPS) is 14.3. The number of nitrogens with one attached hydrogen (secondary N) is 2. The number of carbonyl (C=O) groups excluding carboxylic acids is 1. The Labute approximate surface area is 187 Å². The van der Waals surface area contributed by atoms with Gasteiger partial charge in [-0.2, -0.15) is 5.10 Å². The second kappa shape index (κ2) is 9.47. The Morgan fingerprint density at radius 1 is 1.23 bits per heavy atom. The number of carbonyl (C=O) groups is 1. The van der Waals surface area contributed by atoms with Crippen molar-refractivity contribution >= 4 is 18.1 Å². The van der Waals surface area contributed by atoms with E-state index in [0.717, 1.165) is 30.0 Å². The van der Waals surface area contributed by atoms with Gasteiger partial charge in [-0.15, -0.1) is 0 Å². The molecule has 1 fully saturated rings. The van der Waals surface area contributed by atoms with E-state index in [0.29, 0.717) is 30.3 Å². The van der Waals surface area contributed by atoms with Gasteiger partial charge in [-0.05, 0) is 74.7 Å². The van der Waals surface area contributed by atoms with Crippen LogP contribution < -0.4 is 10.1 Å². The third-order valence-electron chi connectivity index (χ3n) is 5.59. The van der Waals surface area contributed by atoms with E-state index in [2.05, 4.69) is 46.7 Å². The van der Waals surface area contributed by atoms with Crippen molar-refractivity contribution in [2.75, 3.05) is 6.61 Å².